The summed E-state index contributed by atoms with van der Waals surface area (Å²) >= 11 is 0. The van der Waals surface area contributed by atoms with Crippen molar-refractivity contribution < 1.29 is 4.79 Å². The Kier molecular flexibility index (Phi) is 5.51. The van der Waals surface area contributed by atoms with Crippen molar-refractivity contribution in [3.05, 3.63) is 42.6 Å². The molecule has 0 atom stereocenters. The van der Waals surface area contributed by atoms with E-state index in [-0.39, 0.29) is 5.91 Å². The Labute approximate surface area is 143 Å². The fraction of sp³-hybridized carbons (Fsp3) is 0.474. The van der Waals surface area contributed by atoms with Gasteiger partial charge in [-0.2, -0.15) is 5.10 Å². The lowest BCUT2D eigenvalue weighted by molar-refractivity contribution is -0.132. The number of aromatic nitrogens is 2. The molecular formula is C19H26N4O. The Bertz CT molecular complexity index is 646. The van der Waals surface area contributed by atoms with Crippen molar-refractivity contribution in [2.75, 3.05) is 18.4 Å². The maximum absolute atomic E-state index is 12.6. The van der Waals surface area contributed by atoms with Crippen LogP contribution in [0.5, 0.6) is 0 Å². The van der Waals surface area contributed by atoms with Crippen LogP contribution in [0.2, 0.25) is 0 Å². The zero-order valence-electron chi connectivity index (χ0n) is 14.3. The van der Waals surface area contributed by atoms with Crippen LogP contribution in [0.1, 0.15) is 39.0 Å². The minimum atomic E-state index is 0.165. The summed E-state index contributed by atoms with van der Waals surface area (Å²) < 4.78 is 1.81. The van der Waals surface area contributed by atoms with Crippen LogP contribution in [-0.2, 0) is 4.79 Å². The molecule has 128 valence electrons. The Morgan fingerprint density at radius 1 is 1.21 bits per heavy atom. The van der Waals surface area contributed by atoms with Gasteiger partial charge in [0, 0.05) is 24.8 Å². The number of likely N-dealkylation sites (N-methyl/N-ethyl adjacent to an activating group) is 1. The van der Waals surface area contributed by atoms with E-state index < -0.39 is 0 Å². The monoisotopic (exact) mass is 326 g/mol. The highest BCUT2D eigenvalue weighted by atomic mass is 16.2. The minimum Gasteiger partial charge on any atom is -0.360 e. The number of hydrogen-bond donors (Lipinski definition) is 1. The number of anilines is 1. The smallest absolute Gasteiger partial charge is 0.242 e. The van der Waals surface area contributed by atoms with Crippen molar-refractivity contribution in [2.24, 2.45) is 0 Å². The summed E-state index contributed by atoms with van der Waals surface area (Å²) in [5.74, 6) is 0.894. The van der Waals surface area contributed by atoms with Crippen LogP contribution in [0.15, 0.2) is 42.6 Å². The van der Waals surface area contributed by atoms with E-state index in [1.807, 2.05) is 52.2 Å². The highest BCUT2D eigenvalue weighted by Crippen LogP contribution is 2.22. The van der Waals surface area contributed by atoms with Gasteiger partial charge >= 0.3 is 0 Å². The molecule has 0 unspecified atom stereocenters. The van der Waals surface area contributed by atoms with Crippen molar-refractivity contribution in [1.29, 1.82) is 0 Å². The number of rotatable bonds is 6. The average Bonchev–Trinajstić information content (AvgIpc) is 3.11. The summed E-state index contributed by atoms with van der Waals surface area (Å²) in [4.78, 5) is 14.6. The van der Waals surface area contributed by atoms with Gasteiger partial charge in [0.05, 0.1) is 12.2 Å². The quantitative estimate of drug-likeness (QED) is 0.884. The molecule has 1 aromatic heterocycles. The summed E-state index contributed by atoms with van der Waals surface area (Å²) in [6.07, 6.45) is 7.97. The molecule has 24 heavy (non-hydrogen) atoms. The molecule has 0 bridgehead atoms. The largest absolute Gasteiger partial charge is 0.360 e. The summed E-state index contributed by atoms with van der Waals surface area (Å²) in [5, 5.41) is 7.65. The zero-order chi connectivity index (χ0) is 16.8. The second-order valence-corrected chi connectivity index (χ2v) is 6.31. The molecule has 5 heteroatoms. The minimum absolute atomic E-state index is 0.165. The van der Waals surface area contributed by atoms with Crippen molar-refractivity contribution in [2.45, 2.75) is 45.1 Å². The first kappa shape index (κ1) is 16.6. The van der Waals surface area contributed by atoms with E-state index in [9.17, 15) is 4.79 Å². The molecule has 1 saturated carbocycles. The molecule has 2 aromatic rings. The van der Waals surface area contributed by atoms with Gasteiger partial charge in [-0.3, -0.25) is 4.79 Å². The van der Waals surface area contributed by atoms with E-state index >= 15 is 0 Å². The number of nitrogens with one attached hydrogen (secondary N) is 1. The summed E-state index contributed by atoms with van der Waals surface area (Å²) in [5.41, 5.74) is 1.01. The van der Waals surface area contributed by atoms with Gasteiger partial charge in [-0.25, -0.2) is 4.68 Å². The normalized spacial score (nSPS) is 15.2. The highest BCUT2D eigenvalue weighted by molar-refractivity contribution is 5.80. The summed E-state index contributed by atoms with van der Waals surface area (Å²) in [6, 6.07) is 12.3. The molecule has 1 N–H and O–H groups in total. The van der Waals surface area contributed by atoms with Gasteiger partial charge in [0.2, 0.25) is 5.91 Å². The molecule has 5 nitrogen and oxygen atoms in total. The molecule has 1 aliphatic rings. The number of benzene rings is 1. The van der Waals surface area contributed by atoms with Crippen LogP contribution in [0.25, 0.3) is 5.69 Å². The fourth-order valence-electron chi connectivity index (χ4n) is 3.44. The Morgan fingerprint density at radius 2 is 1.96 bits per heavy atom. The van der Waals surface area contributed by atoms with Gasteiger partial charge in [0.1, 0.15) is 5.82 Å². The molecule has 1 fully saturated rings. The van der Waals surface area contributed by atoms with Gasteiger partial charge in [-0.05, 0) is 31.9 Å². The van der Waals surface area contributed by atoms with Crippen molar-refractivity contribution in [3.63, 3.8) is 0 Å². The van der Waals surface area contributed by atoms with Gasteiger partial charge in [-0.15, -0.1) is 0 Å². The highest BCUT2D eigenvalue weighted by Gasteiger charge is 2.23. The summed E-state index contributed by atoms with van der Waals surface area (Å²) in [7, 11) is 0. The fourth-order valence-corrected chi connectivity index (χ4v) is 3.44. The third-order valence-electron chi connectivity index (χ3n) is 4.71. The second-order valence-electron chi connectivity index (χ2n) is 6.31. The number of amides is 1. The first-order chi connectivity index (χ1) is 11.8. The maximum atomic E-state index is 12.6. The third kappa shape index (κ3) is 3.96. The van der Waals surface area contributed by atoms with E-state index in [0.717, 1.165) is 30.9 Å². The predicted molar refractivity (Wildman–Crippen MR) is 96.3 cm³/mol. The summed E-state index contributed by atoms with van der Waals surface area (Å²) in [6.45, 7) is 3.15. The predicted octanol–water partition coefficient (Wildman–Crippen LogP) is 3.47. The maximum Gasteiger partial charge on any atom is 0.242 e. The van der Waals surface area contributed by atoms with Crippen LogP contribution >= 0.6 is 0 Å². The molecule has 1 aliphatic carbocycles. The van der Waals surface area contributed by atoms with E-state index in [2.05, 4.69) is 17.3 Å². The SMILES string of the molecule is CCN(C(=O)CNc1ccn(-c2ccccc2)n1)C1CCCCC1. The van der Waals surface area contributed by atoms with Crippen LogP contribution in [0, 0.1) is 0 Å². The topological polar surface area (TPSA) is 50.2 Å². The third-order valence-corrected chi connectivity index (χ3v) is 4.71. The Morgan fingerprint density at radius 3 is 2.67 bits per heavy atom. The average molecular weight is 326 g/mol. The van der Waals surface area contributed by atoms with Crippen LogP contribution in [-0.4, -0.2) is 39.7 Å². The van der Waals surface area contributed by atoms with Gasteiger partial charge in [0.25, 0.3) is 0 Å². The molecule has 1 aromatic carbocycles. The van der Waals surface area contributed by atoms with Crippen molar-refractivity contribution in [1.82, 2.24) is 14.7 Å². The lowest BCUT2D eigenvalue weighted by Gasteiger charge is -2.33. The molecule has 1 amide bonds. The molecule has 1 heterocycles. The molecule has 0 saturated heterocycles. The number of carbonyl (C=O) groups is 1. The molecule has 0 spiro atoms. The van der Waals surface area contributed by atoms with Crippen LogP contribution in [0.4, 0.5) is 5.82 Å². The first-order valence-corrected chi connectivity index (χ1v) is 8.92. The van der Waals surface area contributed by atoms with E-state index in [1.165, 1.54) is 19.3 Å². The molecule has 0 aliphatic heterocycles. The molecule has 0 radical (unpaired) electrons. The van der Waals surface area contributed by atoms with Gasteiger partial charge < -0.3 is 10.2 Å². The zero-order valence-corrected chi connectivity index (χ0v) is 14.3. The number of carbonyl (C=O) groups excluding carboxylic acids is 1. The number of para-hydroxylation sites is 1. The lowest BCUT2D eigenvalue weighted by atomic mass is 9.94. The van der Waals surface area contributed by atoms with E-state index in [4.69, 9.17) is 0 Å². The van der Waals surface area contributed by atoms with Crippen molar-refractivity contribution >= 4 is 11.7 Å². The van der Waals surface area contributed by atoms with E-state index in [1.54, 1.807) is 0 Å². The number of nitrogens with zero attached hydrogens (tertiary/aromatic N) is 3. The second kappa shape index (κ2) is 7.99. The first-order valence-electron chi connectivity index (χ1n) is 8.92. The Balaban J connectivity index is 1.56. The van der Waals surface area contributed by atoms with Gasteiger partial charge in [0.15, 0.2) is 0 Å². The number of hydrogen-bond acceptors (Lipinski definition) is 3. The molecular weight excluding hydrogens is 300 g/mol. The molecule has 3 rings (SSSR count). The standard InChI is InChI=1S/C19H26N4O/c1-2-22(16-9-5-3-6-10-16)19(24)15-20-18-13-14-23(21-18)17-11-7-4-8-12-17/h4,7-8,11-14,16H,2-3,5-6,9-10,15H2,1H3,(H,20,21). The van der Waals surface area contributed by atoms with Crippen molar-refractivity contribution in [3.8, 4) is 5.69 Å². The lowest BCUT2D eigenvalue weighted by Crippen LogP contribution is -2.44. The van der Waals surface area contributed by atoms with Gasteiger partial charge in [-0.1, -0.05) is 37.5 Å². The Hall–Kier alpha value is -2.30. The van der Waals surface area contributed by atoms with Crippen LogP contribution in [0.3, 0.4) is 0 Å². The van der Waals surface area contributed by atoms with Crippen LogP contribution < -0.4 is 5.32 Å². The van der Waals surface area contributed by atoms with E-state index in [0.29, 0.717) is 12.6 Å².